The highest BCUT2D eigenvalue weighted by Crippen LogP contribution is 2.31. The highest BCUT2D eigenvalue weighted by molar-refractivity contribution is 7.88. The fourth-order valence-electron chi connectivity index (χ4n) is 4.32. The first-order valence-corrected chi connectivity index (χ1v) is 13.9. The summed E-state index contributed by atoms with van der Waals surface area (Å²) >= 11 is 6.29. The molecule has 0 spiro atoms. The van der Waals surface area contributed by atoms with Crippen LogP contribution in [0.2, 0.25) is 5.15 Å². The third-order valence-electron chi connectivity index (χ3n) is 6.13. The number of nitrogens with zero attached hydrogens (tertiary/aromatic N) is 6. The standard InChI is InChI=1S/C23H26ClN7O5S/c1-37(33,34)30-6-7-31(21-12-20(24)27-23(28-21)29-5-4-25-15-29)17(14-30)11-22(32)26-13-16-2-3-18-19(10-16)36-9-8-35-18/h2-5,10,12,15,17H,6-9,11,13-14H2,1H3,(H,26,32). The van der Waals surface area contributed by atoms with Crippen LogP contribution < -0.4 is 19.7 Å². The van der Waals surface area contributed by atoms with Crippen molar-refractivity contribution in [3.05, 3.63) is 53.7 Å². The predicted octanol–water partition coefficient (Wildman–Crippen LogP) is 1.24. The number of anilines is 1. The Balaban J connectivity index is 1.33. The molecule has 5 rings (SSSR count). The number of amides is 1. The van der Waals surface area contributed by atoms with E-state index in [2.05, 4.69) is 20.3 Å². The van der Waals surface area contributed by atoms with E-state index in [-0.39, 0.29) is 30.6 Å². The van der Waals surface area contributed by atoms with Gasteiger partial charge in [0.1, 0.15) is 30.5 Å². The molecular weight excluding hydrogens is 522 g/mol. The Labute approximate surface area is 219 Å². The molecule has 1 amide bonds. The molecule has 2 aromatic heterocycles. The molecule has 1 fully saturated rings. The molecule has 1 N–H and O–H groups in total. The monoisotopic (exact) mass is 547 g/mol. The van der Waals surface area contributed by atoms with Gasteiger partial charge in [-0.3, -0.25) is 9.36 Å². The van der Waals surface area contributed by atoms with Gasteiger partial charge in [0.05, 0.1) is 12.3 Å². The molecule has 14 heteroatoms. The molecule has 196 valence electrons. The Morgan fingerprint density at radius 2 is 1.97 bits per heavy atom. The SMILES string of the molecule is CS(=O)(=O)N1CCN(c2cc(Cl)nc(-n3ccnc3)n2)C(CC(=O)NCc2ccc3c(c2)OCCO3)C1. The van der Waals surface area contributed by atoms with Crippen molar-refractivity contribution in [2.75, 3.05) is 44.0 Å². The average Bonchev–Trinajstić information content (AvgIpc) is 3.42. The number of rotatable bonds is 7. The predicted molar refractivity (Wildman–Crippen MR) is 136 cm³/mol. The Morgan fingerprint density at radius 3 is 2.73 bits per heavy atom. The fraction of sp³-hybridized carbons (Fsp3) is 0.391. The summed E-state index contributed by atoms with van der Waals surface area (Å²) in [6.45, 7) is 2.01. The topological polar surface area (TPSA) is 132 Å². The number of nitrogens with one attached hydrogen (secondary N) is 1. The van der Waals surface area contributed by atoms with Gasteiger partial charge in [0.2, 0.25) is 21.9 Å². The summed E-state index contributed by atoms with van der Waals surface area (Å²) in [5.74, 6) is 1.93. The molecule has 4 heterocycles. The molecule has 2 aliphatic rings. The van der Waals surface area contributed by atoms with Crippen LogP contribution in [-0.4, -0.2) is 83.3 Å². The van der Waals surface area contributed by atoms with Crippen molar-refractivity contribution in [2.45, 2.75) is 19.0 Å². The van der Waals surface area contributed by atoms with Gasteiger partial charge >= 0.3 is 0 Å². The number of carbonyl (C=O) groups is 1. The molecule has 3 aromatic rings. The lowest BCUT2D eigenvalue weighted by atomic mass is 10.1. The minimum atomic E-state index is -3.44. The van der Waals surface area contributed by atoms with Crippen LogP contribution in [0, 0.1) is 0 Å². The lowest BCUT2D eigenvalue weighted by molar-refractivity contribution is -0.121. The quantitative estimate of drug-likeness (QED) is 0.434. The molecule has 1 saturated heterocycles. The van der Waals surface area contributed by atoms with E-state index in [0.717, 1.165) is 5.56 Å². The number of ether oxygens (including phenoxy) is 2. The largest absolute Gasteiger partial charge is 0.486 e. The van der Waals surface area contributed by atoms with Gasteiger partial charge in [-0.15, -0.1) is 0 Å². The molecule has 1 aromatic carbocycles. The number of piperazine rings is 1. The van der Waals surface area contributed by atoms with Crippen LogP contribution in [0.4, 0.5) is 5.82 Å². The van der Waals surface area contributed by atoms with Crippen LogP contribution >= 0.6 is 11.6 Å². The Kier molecular flexibility index (Phi) is 7.17. The second kappa shape index (κ2) is 10.5. The number of carbonyl (C=O) groups excluding carboxylic acids is 1. The first-order valence-electron chi connectivity index (χ1n) is 11.7. The smallest absolute Gasteiger partial charge is 0.238 e. The summed E-state index contributed by atoms with van der Waals surface area (Å²) < 4.78 is 38.7. The third-order valence-corrected chi connectivity index (χ3v) is 7.59. The summed E-state index contributed by atoms with van der Waals surface area (Å²) in [7, 11) is -3.44. The van der Waals surface area contributed by atoms with Gasteiger partial charge in [-0.25, -0.2) is 18.4 Å². The first kappa shape index (κ1) is 25.2. The van der Waals surface area contributed by atoms with Gasteiger partial charge in [0, 0.05) is 51.1 Å². The molecule has 0 bridgehead atoms. The van der Waals surface area contributed by atoms with Crippen molar-refractivity contribution in [1.82, 2.24) is 29.1 Å². The molecule has 2 aliphatic heterocycles. The van der Waals surface area contributed by atoms with Crippen LogP contribution in [0.5, 0.6) is 11.5 Å². The summed E-state index contributed by atoms with van der Waals surface area (Å²) in [6, 6.07) is 6.67. The van der Waals surface area contributed by atoms with E-state index in [1.54, 1.807) is 29.4 Å². The molecule has 37 heavy (non-hydrogen) atoms. The zero-order valence-electron chi connectivity index (χ0n) is 20.1. The number of halogens is 1. The average molecular weight is 548 g/mol. The van der Waals surface area contributed by atoms with Crippen molar-refractivity contribution in [1.29, 1.82) is 0 Å². The second-order valence-corrected chi connectivity index (χ2v) is 11.1. The van der Waals surface area contributed by atoms with Crippen molar-refractivity contribution in [3.63, 3.8) is 0 Å². The number of hydrogen-bond donors (Lipinski definition) is 1. The minimum absolute atomic E-state index is 0.0542. The van der Waals surface area contributed by atoms with Crippen molar-refractivity contribution in [2.24, 2.45) is 0 Å². The van der Waals surface area contributed by atoms with Crippen molar-refractivity contribution >= 4 is 33.3 Å². The normalized spacial score (nSPS) is 18.0. The maximum absolute atomic E-state index is 13.0. The molecule has 1 unspecified atom stereocenters. The zero-order chi connectivity index (χ0) is 26.0. The van der Waals surface area contributed by atoms with E-state index in [1.165, 1.54) is 10.6 Å². The Hall–Kier alpha value is -3.42. The van der Waals surface area contributed by atoms with Crippen molar-refractivity contribution < 1.29 is 22.7 Å². The van der Waals surface area contributed by atoms with E-state index in [9.17, 15) is 13.2 Å². The number of sulfonamides is 1. The van der Waals surface area contributed by atoms with Gasteiger partial charge in [-0.2, -0.15) is 9.29 Å². The van der Waals surface area contributed by atoms with E-state index in [0.29, 0.717) is 49.6 Å². The Morgan fingerprint density at radius 1 is 1.16 bits per heavy atom. The van der Waals surface area contributed by atoms with Crippen LogP contribution in [0.25, 0.3) is 5.95 Å². The summed E-state index contributed by atoms with van der Waals surface area (Å²) in [4.78, 5) is 27.8. The minimum Gasteiger partial charge on any atom is -0.486 e. The van der Waals surface area contributed by atoms with Crippen LogP contribution in [0.15, 0.2) is 43.0 Å². The van der Waals surface area contributed by atoms with Gasteiger partial charge in [-0.1, -0.05) is 17.7 Å². The molecule has 0 saturated carbocycles. The van der Waals surface area contributed by atoms with Gasteiger partial charge in [-0.05, 0) is 17.7 Å². The molecule has 12 nitrogen and oxygen atoms in total. The molecular formula is C23H26ClN7O5S. The number of aromatic nitrogens is 4. The van der Waals surface area contributed by atoms with Gasteiger partial charge in [0.15, 0.2) is 11.5 Å². The number of hydrogen-bond acceptors (Lipinski definition) is 9. The fourth-order valence-corrected chi connectivity index (χ4v) is 5.35. The summed E-state index contributed by atoms with van der Waals surface area (Å²) in [6.07, 6.45) is 6.07. The lowest BCUT2D eigenvalue weighted by Gasteiger charge is -2.41. The maximum atomic E-state index is 13.0. The van der Waals surface area contributed by atoms with Crippen LogP contribution in [0.1, 0.15) is 12.0 Å². The van der Waals surface area contributed by atoms with Gasteiger partial charge < -0.3 is 19.7 Å². The molecule has 0 aliphatic carbocycles. The maximum Gasteiger partial charge on any atom is 0.238 e. The van der Waals surface area contributed by atoms with Gasteiger partial charge in [0.25, 0.3) is 0 Å². The summed E-state index contributed by atoms with van der Waals surface area (Å²) in [5, 5.41) is 3.15. The second-order valence-electron chi connectivity index (χ2n) is 8.75. The highest BCUT2D eigenvalue weighted by atomic mass is 35.5. The molecule has 0 radical (unpaired) electrons. The Bertz CT molecular complexity index is 1390. The number of benzene rings is 1. The van der Waals surface area contributed by atoms with Crippen LogP contribution in [-0.2, 0) is 21.4 Å². The first-order chi connectivity index (χ1) is 17.8. The lowest BCUT2D eigenvalue weighted by Crippen LogP contribution is -2.56. The summed E-state index contributed by atoms with van der Waals surface area (Å²) in [5.41, 5.74) is 0.864. The number of fused-ring (bicyclic) bond motifs is 1. The highest BCUT2D eigenvalue weighted by Gasteiger charge is 2.34. The van der Waals surface area contributed by atoms with E-state index < -0.39 is 16.1 Å². The van der Waals surface area contributed by atoms with E-state index in [1.807, 2.05) is 23.1 Å². The zero-order valence-corrected chi connectivity index (χ0v) is 21.7. The molecule has 1 atom stereocenters. The number of imidazole rings is 1. The van der Waals surface area contributed by atoms with E-state index in [4.69, 9.17) is 21.1 Å². The van der Waals surface area contributed by atoms with Crippen LogP contribution in [0.3, 0.4) is 0 Å². The van der Waals surface area contributed by atoms with Crippen molar-refractivity contribution in [3.8, 4) is 17.4 Å². The third kappa shape index (κ3) is 5.95. The van der Waals surface area contributed by atoms with E-state index >= 15 is 0 Å².